The molecule has 2 atom stereocenters. The van der Waals surface area contributed by atoms with Crippen molar-refractivity contribution in [2.24, 2.45) is 5.92 Å². The van der Waals surface area contributed by atoms with Gasteiger partial charge in [-0.1, -0.05) is 43.7 Å². The number of Topliss-reactive ketones (excluding diaryl/α,β-unsaturated/α-hetero) is 1. The van der Waals surface area contributed by atoms with Crippen molar-refractivity contribution in [3.8, 4) is 11.5 Å². The highest BCUT2D eigenvalue weighted by atomic mass is 16.5. The molecule has 1 aliphatic rings. The minimum atomic E-state index is -0.254. The summed E-state index contributed by atoms with van der Waals surface area (Å²) < 4.78 is 6.08. The molecule has 2 aromatic carbocycles. The minimum absolute atomic E-state index is 0.0582. The molecule has 0 aromatic heterocycles. The molecule has 0 saturated carbocycles. The predicted molar refractivity (Wildman–Crippen MR) is 80.6 cm³/mol. The summed E-state index contributed by atoms with van der Waals surface area (Å²) in [5.41, 5.74) is 1.50. The van der Waals surface area contributed by atoms with Crippen LogP contribution in [-0.4, -0.2) is 10.9 Å². The zero-order valence-corrected chi connectivity index (χ0v) is 12.0. The van der Waals surface area contributed by atoms with Crippen LogP contribution in [0.4, 0.5) is 0 Å². The summed E-state index contributed by atoms with van der Waals surface area (Å²) in [6, 6.07) is 14.6. The number of phenols is 1. The summed E-state index contributed by atoms with van der Waals surface area (Å²) in [7, 11) is 0. The molecule has 2 aromatic rings. The van der Waals surface area contributed by atoms with Crippen LogP contribution >= 0.6 is 0 Å². The maximum atomic E-state index is 12.8. The minimum Gasteiger partial charge on any atom is -0.508 e. The largest absolute Gasteiger partial charge is 0.508 e. The number of phenolic OH excluding ortho intramolecular Hbond substituents is 1. The number of fused-ring (bicyclic) bond motifs is 1. The maximum Gasteiger partial charge on any atom is 0.173 e. The molecule has 108 valence electrons. The third-order valence-corrected chi connectivity index (χ3v) is 3.91. The molecule has 0 bridgehead atoms. The van der Waals surface area contributed by atoms with Gasteiger partial charge < -0.3 is 9.84 Å². The first-order valence-corrected chi connectivity index (χ1v) is 7.29. The Hall–Kier alpha value is -2.29. The van der Waals surface area contributed by atoms with E-state index in [1.165, 1.54) is 6.07 Å². The molecule has 1 heterocycles. The maximum absolute atomic E-state index is 12.8. The van der Waals surface area contributed by atoms with Crippen molar-refractivity contribution in [3.05, 3.63) is 59.7 Å². The van der Waals surface area contributed by atoms with Gasteiger partial charge in [-0.25, -0.2) is 0 Å². The number of hydrogen-bond acceptors (Lipinski definition) is 3. The van der Waals surface area contributed by atoms with Crippen LogP contribution in [0.3, 0.4) is 0 Å². The lowest BCUT2D eigenvalue weighted by Gasteiger charge is -2.32. The monoisotopic (exact) mass is 282 g/mol. The predicted octanol–water partition coefficient (Wildman–Crippen LogP) is 4.12. The molecule has 21 heavy (non-hydrogen) atoms. The fourth-order valence-electron chi connectivity index (χ4n) is 2.91. The topological polar surface area (TPSA) is 46.5 Å². The number of aromatic hydroxyl groups is 1. The van der Waals surface area contributed by atoms with Crippen LogP contribution in [0.1, 0.15) is 41.8 Å². The Morgan fingerprint density at radius 2 is 1.90 bits per heavy atom. The van der Waals surface area contributed by atoms with E-state index in [1.54, 1.807) is 12.1 Å². The standard InChI is InChI=1S/C18H18O3/c1-2-6-14-17(20)15-11-13(19)9-10-16(15)21-18(14)12-7-4-3-5-8-12/h3-5,7-11,14,18-19H,2,6H2,1H3. The van der Waals surface area contributed by atoms with Crippen LogP contribution in [0, 0.1) is 5.92 Å². The number of rotatable bonds is 3. The Labute approximate surface area is 124 Å². The van der Waals surface area contributed by atoms with Crippen molar-refractivity contribution in [2.45, 2.75) is 25.9 Å². The van der Waals surface area contributed by atoms with Gasteiger partial charge >= 0.3 is 0 Å². The summed E-state index contributed by atoms with van der Waals surface area (Å²) in [4.78, 5) is 12.8. The van der Waals surface area contributed by atoms with Crippen molar-refractivity contribution < 1.29 is 14.6 Å². The fourth-order valence-corrected chi connectivity index (χ4v) is 2.91. The first-order valence-electron chi connectivity index (χ1n) is 7.29. The van der Waals surface area contributed by atoms with E-state index in [2.05, 4.69) is 6.92 Å². The van der Waals surface area contributed by atoms with Crippen LogP contribution in [0.2, 0.25) is 0 Å². The van der Waals surface area contributed by atoms with E-state index in [-0.39, 0.29) is 23.6 Å². The molecule has 3 heteroatoms. The van der Waals surface area contributed by atoms with Crippen LogP contribution in [-0.2, 0) is 0 Å². The van der Waals surface area contributed by atoms with E-state index in [0.29, 0.717) is 11.3 Å². The zero-order chi connectivity index (χ0) is 14.8. The van der Waals surface area contributed by atoms with E-state index in [4.69, 9.17) is 4.74 Å². The summed E-state index contributed by atoms with van der Waals surface area (Å²) in [5, 5.41) is 9.60. The molecule has 3 nitrogen and oxygen atoms in total. The molecular weight excluding hydrogens is 264 g/mol. The number of ether oxygens (including phenoxy) is 1. The normalized spacial score (nSPS) is 20.7. The molecule has 0 fully saturated rings. The van der Waals surface area contributed by atoms with Gasteiger partial charge in [0.15, 0.2) is 5.78 Å². The Morgan fingerprint density at radius 1 is 1.14 bits per heavy atom. The van der Waals surface area contributed by atoms with Gasteiger partial charge in [-0.15, -0.1) is 0 Å². The quantitative estimate of drug-likeness (QED) is 0.921. The van der Waals surface area contributed by atoms with Crippen molar-refractivity contribution in [2.75, 3.05) is 0 Å². The summed E-state index contributed by atoms with van der Waals surface area (Å²) in [6.45, 7) is 2.06. The Bertz CT molecular complexity index is 649. The SMILES string of the molecule is CCCC1C(=O)c2cc(O)ccc2OC1c1ccccc1. The van der Waals surface area contributed by atoms with E-state index >= 15 is 0 Å². The molecule has 0 radical (unpaired) electrons. The number of carbonyl (C=O) groups is 1. The molecule has 0 spiro atoms. The molecule has 2 unspecified atom stereocenters. The molecule has 0 saturated heterocycles. The third-order valence-electron chi connectivity index (χ3n) is 3.91. The first kappa shape index (κ1) is 13.7. The number of hydrogen-bond donors (Lipinski definition) is 1. The molecule has 1 aliphatic heterocycles. The molecule has 0 aliphatic carbocycles. The highest BCUT2D eigenvalue weighted by Gasteiger charge is 2.37. The molecule has 0 amide bonds. The van der Waals surface area contributed by atoms with Crippen molar-refractivity contribution in [3.63, 3.8) is 0 Å². The van der Waals surface area contributed by atoms with Crippen LogP contribution in [0.25, 0.3) is 0 Å². The van der Waals surface area contributed by atoms with Crippen LogP contribution < -0.4 is 4.74 Å². The van der Waals surface area contributed by atoms with Gasteiger partial charge in [0.05, 0.1) is 11.5 Å². The van der Waals surface area contributed by atoms with Gasteiger partial charge in [0, 0.05) is 0 Å². The zero-order valence-electron chi connectivity index (χ0n) is 12.0. The van der Waals surface area contributed by atoms with Gasteiger partial charge in [-0.3, -0.25) is 4.79 Å². The molecular formula is C18H18O3. The summed E-state index contributed by atoms with van der Waals surface area (Å²) >= 11 is 0. The van der Waals surface area contributed by atoms with Crippen molar-refractivity contribution >= 4 is 5.78 Å². The second-order valence-corrected chi connectivity index (χ2v) is 5.39. The van der Waals surface area contributed by atoms with Gasteiger partial charge in [0.1, 0.15) is 17.6 Å². The summed E-state index contributed by atoms with van der Waals surface area (Å²) in [5.74, 6) is 0.507. The van der Waals surface area contributed by atoms with Gasteiger partial charge in [-0.2, -0.15) is 0 Å². The first-order chi connectivity index (χ1) is 10.2. The van der Waals surface area contributed by atoms with Crippen LogP contribution in [0.5, 0.6) is 11.5 Å². The van der Waals surface area contributed by atoms with Gasteiger partial charge in [0.2, 0.25) is 0 Å². The Morgan fingerprint density at radius 3 is 2.62 bits per heavy atom. The lowest BCUT2D eigenvalue weighted by molar-refractivity contribution is 0.0634. The van der Waals surface area contributed by atoms with Crippen molar-refractivity contribution in [1.29, 1.82) is 0 Å². The van der Waals surface area contributed by atoms with Gasteiger partial charge in [0.25, 0.3) is 0 Å². The highest BCUT2D eigenvalue weighted by Crippen LogP contribution is 2.41. The van der Waals surface area contributed by atoms with Crippen LogP contribution in [0.15, 0.2) is 48.5 Å². The number of ketones is 1. The van der Waals surface area contributed by atoms with E-state index < -0.39 is 0 Å². The van der Waals surface area contributed by atoms with Gasteiger partial charge in [-0.05, 0) is 30.2 Å². The molecule has 1 N–H and O–H groups in total. The molecule has 3 rings (SSSR count). The average Bonchev–Trinajstić information content (AvgIpc) is 2.51. The summed E-state index contributed by atoms with van der Waals surface area (Å²) in [6.07, 6.45) is 1.43. The number of benzene rings is 2. The Balaban J connectivity index is 2.05. The number of carbonyl (C=O) groups excluding carboxylic acids is 1. The lowest BCUT2D eigenvalue weighted by Crippen LogP contribution is -2.31. The second-order valence-electron chi connectivity index (χ2n) is 5.39. The Kier molecular flexibility index (Phi) is 3.65. The second kappa shape index (κ2) is 5.60. The average molecular weight is 282 g/mol. The van der Waals surface area contributed by atoms with E-state index in [1.807, 2.05) is 30.3 Å². The van der Waals surface area contributed by atoms with Crippen molar-refractivity contribution in [1.82, 2.24) is 0 Å². The smallest absolute Gasteiger partial charge is 0.173 e. The highest BCUT2D eigenvalue weighted by molar-refractivity contribution is 6.02. The third kappa shape index (κ3) is 2.51. The lowest BCUT2D eigenvalue weighted by atomic mass is 9.83. The fraction of sp³-hybridized carbons (Fsp3) is 0.278. The van der Waals surface area contributed by atoms with E-state index in [0.717, 1.165) is 18.4 Å². The van der Waals surface area contributed by atoms with E-state index in [9.17, 15) is 9.90 Å².